The highest BCUT2D eigenvalue weighted by atomic mass is 32.2. The Balaban J connectivity index is 2.23. The topological polar surface area (TPSA) is 92.5 Å². The molecule has 0 unspecified atom stereocenters. The van der Waals surface area contributed by atoms with E-state index in [2.05, 4.69) is 5.32 Å². The van der Waals surface area contributed by atoms with Gasteiger partial charge in [-0.2, -0.15) is 11.8 Å². The highest BCUT2D eigenvalue weighted by Crippen LogP contribution is 2.29. The summed E-state index contributed by atoms with van der Waals surface area (Å²) in [7, 11) is 0. The van der Waals surface area contributed by atoms with Gasteiger partial charge in [0.2, 0.25) is 0 Å². The first-order valence-corrected chi connectivity index (χ1v) is 7.09. The third-order valence-corrected chi connectivity index (χ3v) is 4.07. The van der Waals surface area contributed by atoms with Crippen LogP contribution in [0.4, 0.5) is 11.4 Å². The molecule has 102 valence electrons. The number of anilines is 1. The smallest absolute Gasteiger partial charge is 0.335 e. The quantitative estimate of drug-likeness (QED) is 0.651. The molecule has 0 spiro atoms. The lowest BCUT2D eigenvalue weighted by molar-refractivity contribution is -0.384. The molecule has 1 fully saturated rings. The van der Waals surface area contributed by atoms with Gasteiger partial charge in [0.05, 0.1) is 10.5 Å². The molecule has 0 amide bonds. The fourth-order valence-corrected chi connectivity index (χ4v) is 3.11. The van der Waals surface area contributed by atoms with E-state index in [1.54, 1.807) is 0 Å². The van der Waals surface area contributed by atoms with Gasteiger partial charge in [0.1, 0.15) is 5.69 Å². The van der Waals surface area contributed by atoms with Gasteiger partial charge in [0.15, 0.2) is 0 Å². The minimum atomic E-state index is -1.16. The number of nitrogens with zero attached hydrogens (tertiary/aromatic N) is 1. The largest absolute Gasteiger partial charge is 0.478 e. The number of hydrogen-bond donors (Lipinski definition) is 2. The Labute approximate surface area is 114 Å². The highest BCUT2D eigenvalue weighted by molar-refractivity contribution is 7.99. The zero-order chi connectivity index (χ0) is 13.8. The minimum Gasteiger partial charge on any atom is -0.478 e. The maximum atomic E-state index is 11.0. The van der Waals surface area contributed by atoms with Crippen molar-refractivity contribution in [2.24, 2.45) is 0 Å². The number of aromatic carboxylic acids is 1. The molecule has 2 rings (SSSR count). The van der Waals surface area contributed by atoms with E-state index in [1.807, 2.05) is 11.8 Å². The molecule has 1 aromatic rings. The molecule has 7 heteroatoms. The maximum absolute atomic E-state index is 11.0. The van der Waals surface area contributed by atoms with Gasteiger partial charge in [-0.1, -0.05) is 0 Å². The Morgan fingerprint density at radius 1 is 1.42 bits per heavy atom. The van der Waals surface area contributed by atoms with E-state index < -0.39 is 10.9 Å². The summed E-state index contributed by atoms with van der Waals surface area (Å²) < 4.78 is 0. The van der Waals surface area contributed by atoms with Gasteiger partial charge in [-0.3, -0.25) is 10.1 Å². The van der Waals surface area contributed by atoms with Crippen molar-refractivity contribution in [2.75, 3.05) is 16.8 Å². The number of nitro benzene ring substituents is 1. The van der Waals surface area contributed by atoms with E-state index in [0.717, 1.165) is 30.4 Å². The molecular formula is C12H14N2O4S. The molecule has 1 saturated heterocycles. The van der Waals surface area contributed by atoms with Gasteiger partial charge in [0.25, 0.3) is 5.69 Å². The van der Waals surface area contributed by atoms with Gasteiger partial charge in [-0.25, -0.2) is 4.79 Å². The Bertz CT molecular complexity index is 501. The summed E-state index contributed by atoms with van der Waals surface area (Å²) >= 11 is 1.87. The van der Waals surface area contributed by atoms with E-state index in [-0.39, 0.29) is 17.3 Å². The van der Waals surface area contributed by atoms with Crippen molar-refractivity contribution < 1.29 is 14.8 Å². The van der Waals surface area contributed by atoms with Crippen LogP contribution < -0.4 is 5.32 Å². The third-order valence-electron chi connectivity index (χ3n) is 3.02. The summed E-state index contributed by atoms with van der Waals surface area (Å²) in [5, 5.41) is 23.0. The zero-order valence-electron chi connectivity index (χ0n) is 10.2. The summed E-state index contributed by atoms with van der Waals surface area (Å²) in [6.45, 7) is 0. The second kappa shape index (κ2) is 5.92. The number of benzene rings is 1. The predicted octanol–water partition coefficient (Wildman–Crippen LogP) is 2.60. The molecule has 1 aliphatic heterocycles. The van der Waals surface area contributed by atoms with Crippen LogP contribution in [-0.4, -0.2) is 33.5 Å². The van der Waals surface area contributed by atoms with Crippen LogP contribution in [0.5, 0.6) is 0 Å². The molecule has 1 aromatic carbocycles. The number of hydrogen-bond acceptors (Lipinski definition) is 5. The molecule has 1 aliphatic rings. The van der Waals surface area contributed by atoms with Crippen LogP contribution in [-0.2, 0) is 0 Å². The number of nitrogens with one attached hydrogen (secondary N) is 1. The Morgan fingerprint density at radius 2 is 2.11 bits per heavy atom. The first kappa shape index (κ1) is 13.7. The Kier molecular flexibility index (Phi) is 4.26. The van der Waals surface area contributed by atoms with Crippen LogP contribution in [0.25, 0.3) is 0 Å². The van der Waals surface area contributed by atoms with Gasteiger partial charge in [-0.05, 0) is 36.5 Å². The lowest BCUT2D eigenvalue weighted by Gasteiger charge is -2.23. The number of nitro groups is 1. The molecule has 19 heavy (non-hydrogen) atoms. The fraction of sp³-hybridized carbons (Fsp3) is 0.417. The molecule has 0 radical (unpaired) electrons. The van der Waals surface area contributed by atoms with E-state index in [0.29, 0.717) is 5.69 Å². The van der Waals surface area contributed by atoms with Crippen molar-refractivity contribution in [3.8, 4) is 0 Å². The standard InChI is InChI=1S/C12H14N2O4S/c15-12(16)8-1-2-10(11(7-8)14(17)18)13-9-3-5-19-6-4-9/h1-2,7,9,13H,3-6H2,(H,15,16). The Hall–Kier alpha value is -1.76. The minimum absolute atomic E-state index is 0.0727. The van der Waals surface area contributed by atoms with E-state index in [9.17, 15) is 14.9 Å². The molecule has 0 aliphatic carbocycles. The monoisotopic (exact) mass is 282 g/mol. The van der Waals surface area contributed by atoms with Crippen LogP contribution >= 0.6 is 11.8 Å². The number of carbonyl (C=O) groups is 1. The fourth-order valence-electron chi connectivity index (χ4n) is 2.00. The second-order valence-corrected chi connectivity index (χ2v) is 5.55. The number of rotatable bonds is 4. The summed E-state index contributed by atoms with van der Waals surface area (Å²) in [5.74, 6) is 0.917. The maximum Gasteiger partial charge on any atom is 0.335 e. The van der Waals surface area contributed by atoms with Crippen molar-refractivity contribution in [1.82, 2.24) is 0 Å². The van der Waals surface area contributed by atoms with Crippen LogP contribution in [0.15, 0.2) is 18.2 Å². The van der Waals surface area contributed by atoms with Gasteiger partial charge >= 0.3 is 5.97 Å². The normalized spacial score (nSPS) is 16.0. The highest BCUT2D eigenvalue weighted by Gasteiger charge is 2.21. The SMILES string of the molecule is O=C(O)c1ccc(NC2CCSCC2)c([N+](=O)[O-])c1. The molecule has 1 heterocycles. The molecular weight excluding hydrogens is 268 g/mol. The summed E-state index contributed by atoms with van der Waals surface area (Å²) in [5.41, 5.74) is 0.140. The Morgan fingerprint density at radius 3 is 2.68 bits per heavy atom. The lowest BCUT2D eigenvalue weighted by atomic mass is 10.1. The van der Waals surface area contributed by atoms with Crippen molar-refractivity contribution in [3.63, 3.8) is 0 Å². The van der Waals surface area contributed by atoms with Crippen LogP contribution in [0.3, 0.4) is 0 Å². The van der Waals surface area contributed by atoms with Crippen molar-refractivity contribution >= 4 is 29.1 Å². The van der Waals surface area contributed by atoms with Crippen molar-refractivity contribution in [3.05, 3.63) is 33.9 Å². The molecule has 0 saturated carbocycles. The number of carboxylic acids is 1. The zero-order valence-corrected chi connectivity index (χ0v) is 11.0. The van der Waals surface area contributed by atoms with E-state index >= 15 is 0 Å². The first-order chi connectivity index (χ1) is 9.08. The van der Waals surface area contributed by atoms with Crippen LogP contribution in [0.2, 0.25) is 0 Å². The molecule has 6 nitrogen and oxygen atoms in total. The van der Waals surface area contributed by atoms with Gasteiger partial charge < -0.3 is 10.4 Å². The number of thioether (sulfide) groups is 1. The predicted molar refractivity (Wildman–Crippen MR) is 74.0 cm³/mol. The second-order valence-electron chi connectivity index (χ2n) is 4.33. The van der Waals surface area contributed by atoms with Crippen molar-refractivity contribution in [1.29, 1.82) is 0 Å². The average Bonchev–Trinajstić information content (AvgIpc) is 2.39. The van der Waals surface area contributed by atoms with Gasteiger partial charge in [-0.15, -0.1) is 0 Å². The third kappa shape index (κ3) is 3.37. The molecule has 0 aromatic heterocycles. The molecule has 0 atom stereocenters. The lowest BCUT2D eigenvalue weighted by Crippen LogP contribution is -2.24. The van der Waals surface area contributed by atoms with Crippen LogP contribution in [0.1, 0.15) is 23.2 Å². The van der Waals surface area contributed by atoms with E-state index in [1.165, 1.54) is 12.1 Å². The summed E-state index contributed by atoms with van der Waals surface area (Å²) in [6.07, 6.45) is 1.92. The molecule has 0 bridgehead atoms. The van der Waals surface area contributed by atoms with Crippen molar-refractivity contribution in [2.45, 2.75) is 18.9 Å². The number of carboxylic acid groups (broad SMARTS) is 1. The van der Waals surface area contributed by atoms with Crippen LogP contribution in [0, 0.1) is 10.1 Å². The van der Waals surface area contributed by atoms with Gasteiger partial charge in [0, 0.05) is 12.1 Å². The summed E-state index contributed by atoms with van der Waals surface area (Å²) in [6, 6.07) is 4.18. The van der Waals surface area contributed by atoms with E-state index in [4.69, 9.17) is 5.11 Å². The average molecular weight is 282 g/mol. The first-order valence-electron chi connectivity index (χ1n) is 5.94. The molecule has 2 N–H and O–H groups in total. The summed E-state index contributed by atoms with van der Waals surface area (Å²) in [4.78, 5) is 21.3.